The number of quaternary nitrogens is 1. The number of nitrogens with zero attached hydrogens (tertiary/aromatic N) is 2. The van der Waals surface area contributed by atoms with Crippen molar-refractivity contribution in [2.45, 2.75) is 51.0 Å². The number of amides is 1. The Morgan fingerprint density at radius 1 is 1.14 bits per heavy atom. The fourth-order valence-electron chi connectivity index (χ4n) is 4.78. The van der Waals surface area contributed by atoms with E-state index in [1.165, 1.54) is 17.7 Å². The molecule has 0 saturated carbocycles. The van der Waals surface area contributed by atoms with Crippen molar-refractivity contribution in [3.05, 3.63) is 65.5 Å². The first-order valence-electron chi connectivity index (χ1n) is 12.0. The maximum atomic E-state index is 14.5. The number of likely N-dealkylation sites (tertiary alicyclic amines) is 1. The molecule has 2 heterocycles. The normalized spacial score (nSPS) is 24.2. The average molecular weight is 515 g/mol. The minimum Gasteiger partial charge on any atom is -0.389 e. The Labute approximate surface area is 212 Å². The molecule has 0 radical (unpaired) electrons. The van der Waals surface area contributed by atoms with Gasteiger partial charge in [-0.15, -0.1) is 0 Å². The van der Waals surface area contributed by atoms with Gasteiger partial charge in [0.05, 0.1) is 25.0 Å². The smallest absolute Gasteiger partial charge is 0.343 e. The Balaban J connectivity index is 1.67. The third kappa shape index (κ3) is 5.52. The molecule has 1 saturated heterocycles. The fourth-order valence-corrected chi connectivity index (χ4v) is 5.34. The number of nitrogens with one attached hydrogen (secondary N) is 1. The number of anilines is 1. The van der Waals surface area contributed by atoms with Gasteiger partial charge in [0.25, 0.3) is 0 Å². The first-order chi connectivity index (χ1) is 16.8. The van der Waals surface area contributed by atoms with Crippen LogP contribution < -0.4 is 9.21 Å². The van der Waals surface area contributed by atoms with Crippen molar-refractivity contribution in [3.8, 4) is 0 Å². The molecule has 1 spiro atoms. The molecule has 0 aliphatic carbocycles. The van der Waals surface area contributed by atoms with E-state index < -0.39 is 21.4 Å². The second kappa shape index (κ2) is 9.44. The summed E-state index contributed by atoms with van der Waals surface area (Å²) in [7, 11) is -3.70. The molecule has 1 amide bonds. The van der Waals surface area contributed by atoms with E-state index in [9.17, 15) is 17.6 Å². The lowest BCUT2D eigenvalue weighted by atomic mass is 9.86. The van der Waals surface area contributed by atoms with Gasteiger partial charge in [0, 0.05) is 43.7 Å². The molecule has 4 rings (SSSR count). The number of halogens is 1. The van der Waals surface area contributed by atoms with Crippen LogP contribution in [0.4, 0.5) is 15.8 Å². The van der Waals surface area contributed by atoms with Gasteiger partial charge in [-0.05, 0) is 28.7 Å². The number of oxime groups is 1. The summed E-state index contributed by atoms with van der Waals surface area (Å²) < 4.78 is 40.2. The lowest BCUT2D eigenvalue weighted by Gasteiger charge is -2.43. The highest BCUT2D eigenvalue weighted by Gasteiger charge is 2.50. The monoisotopic (exact) mass is 514 g/mol. The van der Waals surface area contributed by atoms with Gasteiger partial charge in [-0.3, -0.25) is 4.72 Å². The molecule has 1 N–H and O–H groups in total. The van der Waals surface area contributed by atoms with E-state index in [2.05, 4.69) is 42.8 Å². The number of carbonyl (C=O) groups excluding carboxylic acids is 1. The molecule has 36 heavy (non-hydrogen) atoms. The first-order valence-corrected chi connectivity index (χ1v) is 13.9. The Kier molecular flexibility index (Phi) is 6.83. The molecule has 0 aromatic heterocycles. The quantitative estimate of drug-likeness (QED) is 0.451. The van der Waals surface area contributed by atoms with Gasteiger partial charge in [0.1, 0.15) is 11.5 Å². The minimum atomic E-state index is -3.70. The van der Waals surface area contributed by atoms with E-state index in [4.69, 9.17) is 4.84 Å². The van der Waals surface area contributed by atoms with E-state index in [-0.39, 0.29) is 21.5 Å². The van der Waals surface area contributed by atoms with E-state index in [0.29, 0.717) is 38.0 Å². The van der Waals surface area contributed by atoms with Crippen LogP contribution in [0, 0.1) is 5.82 Å². The summed E-state index contributed by atoms with van der Waals surface area (Å²) in [5.41, 5.74) is 2.05. The highest BCUT2D eigenvalue weighted by molar-refractivity contribution is 7.92. The van der Waals surface area contributed by atoms with Gasteiger partial charge in [-0.2, -0.15) is 0 Å². The Morgan fingerprint density at radius 3 is 2.36 bits per heavy atom. The van der Waals surface area contributed by atoms with Crippen molar-refractivity contribution in [2.75, 3.05) is 24.1 Å². The van der Waals surface area contributed by atoms with Crippen LogP contribution in [0.15, 0.2) is 53.7 Å². The molecule has 0 atom stereocenters. The van der Waals surface area contributed by atoms with Gasteiger partial charge in [-0.1, -0.05) is 50.2 Å². The lowest BCUT2D eigenvalue weighted by molar-refractivity contribution is -0.130. The predicted molar refractivity (Wildman–Crippen MR) is 142 cm³/mol. The van der Waals surface area contributed by atoms with Crippen LogP contribution in [0.3, 0.4) is 0 Å². The molecule has 1 fully saturated rings. The molecule has 0 bridgehead atoms. The molecule has 9 heteroatoms. The van der Waals surface area contributed by atoms with Crippen LogP contribution in [-0.4, -0.2) is 45.5 Å². The summed E-state index contributed by atoms with van der Waals surface area (Å²) in [4.78, 5) is 19.4. The Bertz CT molecular complexity index is 1290. The zero-order valence-corrected chi connectivity index (χ0v) is 21.9. The molecular weight excluding hydrogens is 481 g/mol. The van der Waals surface area contributed by atoms with Crippen LogP contribution in [0.25, 0.3) is 6.08 Å². The maximum absolute atomic E-state index is 14.5. The van der Waals surface area contributed by atoms with Gasteiger partial charge in [0.2, 0.25) is 10.0 Å². The van der Waals surface area contributed by atoms with Crippen LogP contribution in [0.1, 0.15) is 51.2 Å². The van der Waals surface area contributed by atoms with Crippen molar-refractivity contribution in [1.29, 1.82) is 0 Å². The second-order valence-electron chi connectivity index (χ2n) is 10.8. The lowest BCUT2D eigenvalue weighted by Crippen LogP contribution is -2.61. The van der Waals surface area contributed by atoms with E-state index in [0.717, 1.165) is 11.8 Å². The number of hydrogen-bond acceptors (Lipinski definition) is 5. The fraction of sp³-hybridized carbons (Fsp3) is 0.407. The standard InChI is InChI=1S/C27H33FN3O4S/c1-26(2,3)21-8-5-20(6-9-21)7-12-25(32)31(17-14-27(15-18-31)13-16-29-35-27)22-10-11-23(28)24(19-22)30-36(4,33)34/h5-12,16,19,30H,13-15,17-18H2,1-4H3/q+1/b12-7+. The minimum absolute atomic E-state index is 0.0311. The van der Waals surface area contributed by atoms with E-state index in [1.807, 2.05) is 12.1 Å². The molecule has 2 aliphatic heterocycles. The molecule has 2 aromatic rings. The van der Waals surface area contributed by atoms with E-state index in [1.54, 1.807) is 24.4 Å². The van der Waals surface area contributed by atoms with E-state index >= 15 is 0 Å². The predicted octanol–water partition coefficient (Wildman–Crippen LogP) is 4.98. The summed E-state index contributed by atoms with van der Waals surface area (Å²) in [5.74, 6) is -0.870. The molecule has 0 unspecified atom stereocenters. The zero-order chi connectivity index (χ0) is 26.2. The largest absolute Gasteiger partial charge is 0.389 e. The number of carbonyl (C=O) groups is 1. The number of rotatable bonds is 5. The summed E-state index contributed by atoms with van der Waals surface area (Å²) in [5, 5.41) is 3.93. The third-order valence-electron chi connectivity index (χ3n) is 7.04. The summed E-state index contributed by atoms with van der Waals surface area (Å²) in [6.45, 7) is 7.27. The van der Waals surface area contributed by atoms with Crippen LogP contribution in [0.5, 0.6) is 0 Å². The number of hydrogen-bond donors (Lipinski definition) is 1. The van der Waals surface area contributed by atoms with Crippen molar-refractivity contribution in [3.63, 3.8) is 0 Å². The number of benzene rings is 2. The topological polar surface area (TPSA) is 84.8 Å². The summed E-state index contributed by atoms with van der Waals surface area (Å²) in [6, 6.07) is 12.2. The summed E-state index contributed by atoms with van der Waals surface area (Å²) >= 11 is 0. The highest BCUT2D eigenvalue weighted by Crippen LogP contribution is 2.40. The summed E-state index contributed by atoms with van der Waals surface area (Å²) in [6.07, 6.45) is 7.90. The van der Waals surface area contributed by atoms with Crippen molar-refractivity contribution in [1.82, 2.24) is 4.48 Å². The van der Waals surface area contributed by atoms with Gasteiger partial charge in [-0.25, -0.2) is 22.1 Å². The van der Waals surface area contributed by atoms with Crippen molar-refractivity contribution >= 4 is 39.6 Å². The van der Waals surface area contributed by atoms with Crippen LogP contribution in [-0.2, 0) is 25.1 Å². The number of piperidine rings is 1. The van der Waals surface area contributed by atoms with Gasteiger partial charge in [0.15, 0.2) is 5.60 Å². The molecule has 2 aliphatic rings. The average Bonchev–Trinajstić information content (AvgIpc) is 3.26. The number of sulfonamides is 1. The molecule has 2 aromatic carbocycles. The SMILES string of the molecule is CC(C)(C)c1ccc(/C=C/C(=O)[N+]2(c3ccc(F)c(NS(C)(=O)=O)c3)CCC3(CC=NO3)CC2)cc1. The van der Waals surface area contributed by atoms with Crippen LogP contribution >= 0.6 is 0 Å². The second-order valence-corrected chi connectivity index (χ2v) is 12.5. The van der Waals surface area contributed by atoms with Crippen molar-refractivity contribution < 1.29 is 22.4 Å². The Morgan fingerprint density at radius 2 is 1.81 bits per heavy atom. The Hall–Kier alpha value is -3.04. The third-order valence-corrected chi connectivity index (χ3v) is 7.63. The molecule has 7 nitrogen and oxygen atoms in total. The molecule has 192 valence electrons. The first kappa shape index (κ1) is 26.0. The van der Waals surface area contributed by atoms with Crippen molar-refractivity contribution in [2.24, 2.45) is 5.16 Å². The van der Waals surface area contributed by atoms with Crippen LogP contribution in [0.2, 0.25) is 0 Å². The maximum Gasteiger partial charge on any atom is 0.343 e. The zero-order valence-electron chi connectivity index (χ0n) is 21.1. The van der Waals surface area contributed by atoms with Gasteiger partial charge < -0.3 is 4.84 Å². The highest BCUT2D eigenvalue weighted by atomic mass is 32.2. The van der Waals surface area contributed by atoms with Gasteiger partial charge >= 0.3 is 5.91 Å². The molecular formula is C27H33FN3O4S+.